The van der Waals surface area contributed by atoms with E-state index in [1.54, 1.807) is 50.4 Å². The van der Waals surface area contributed by atoms with Gasteiger partial charge in [0.1, 0.15) is 6.04 Å². The summed E-state index contributed by atoms with van der Waals surface area (Å²) in [7, 11) is -1.84. The zero-order valence-corrected chi connectivity index (χ0v) is 24.6. The van der Waals surface area contributed by atoms with E-state index in [-0.39, 0.29) is 22.5 Å². The van der Waals surface area contributed by atoms with Crippen LogP contribution in [0.1, 0.15) is 58.8 Å². The van der Waals surface area contributed by atoms with Gasteiger partial charge in [-0.2, -0.15) is 13.2 Å². The first-order valence-corrected chi connectivity index (χ1v) is 15.5. The number of nitrogens with zero attached hydrogens (tertiary/aromatic N) is 1. The third kappa shape index (κ3) is 7.37. The smallest absolute Gasteiger partial charge is 0.394 e. The van der Waals surface area contributed by atoms with E-state index in [1.165, 1.54) is 24.3 Å². The van der Waals surface area contributed by atoms with Crippen molar-refractivity contribution in [3.63, 3.8) is 0 Å². The van der Waals surface area contributed by atoms with Gasteiger partial charge >= 0.3 is 6.18 Å². The highest BCUT2D eigenvalue weighted by molar-refractivity contribution is 7.91. The zero-order chi connectivity index (χ0) is 31.4. The Bertz CT molecular complexity index is 1530. The Morgan fingerprint density at radius 3 is 2.14 bits per heavy atom. The van der Waals surface area contributed by atoms with Gasteiger partial charge in [-0.15, -0.1) is 0 Å². The molecule has 0 bridgehead atoms. The number of carbonyl (C=O) groups excluding carboxylic acids is 2. The number of anilines is 1. The molecule has 43 heavy (non-hydrogen) atoms. The van der Waals surface area contributed by atoms with E-state index in [1.807, 2.05) is 4.90 Å². The molecule has 0 saturated carbocycles. The second-order valence-electron chi connectivity index (χ2n) is 10.4. The molecule has 0 radical (unpaired) electrons. The van der Waals surface area contributed by atoms with E-state index in [4.69, 9.17) is 0 Å². The van der Waals surface area contributed by atoms with Crippen LogP contribution in [0.4, 0.5) is 18.9 Å². The summed E-state index contributed by atoms with van der Waals surface area (Å²) in [5, 5.41) is 15.3. The van der Waals surface area contributed by atoms with Crippen molar-refractivity contribution in [1.29, 1.82) is 0 Å². The number of benzene rings is 3. The van der Waals surface area contributed by atoms with Crippen LogP contribution in [0, 0.1) is 0 Å². The van der Waals surface area contributed by atoms with Crippen molar-refractivity contribution < 1.29 is 36.3 Å². The maximum Gasteiger partial charge on any atom is 0.416 e. The van der Waals surface area contributed by atoms with Crippen molar-refractivity contribution >= 4 is 27.3 Å². The van der Waals surface area contributed by atoms with Gasteiger partial charge in [0.15, 0.2) is 9.84 Å². The summed E-state index contributed by atoms with van der Waals surface area (Å²) in [6, 6.07) is 16.4. The topological polar surface area (TPSA) is 116 Å². The number of hydrogen-bond acceptors (Lipinski definition) is 6. The van der Waals surface area contributed by atoms with Gasteiger partial charge < -0.3 is 20.6 Å². The standard InChI is InChI=1S/C31H34F3N3O5S/c1-3-43(41,42)26-15-8-21(9-16-26)27(19-38)36-29(39)22-6-13-25(14-7-22)37-18-23(10-17-28(37)30(40)35-2)20-4-11-24(12-5-20)31(32,33)34/h4-9,11-16,23,27-28,38H,3,10,17-19H2,1-2H3,(H,35,40)(H,36,39)/t23-,27+,28+/m1/s1. The first-order chi connectivity index (χ1) is 20.4. The fraction of sp³-hybridized carbons (Fsp3) is 0.355. The van der Waals surface area contributed by atoms with Crippen LogP contribution in [0.15, 0.2) is 77.7 Å². The van der Waals surface area contributed by atoms with Gasteiger partial charge in [-0.3, -0.25) is 9.59 Å². The first-order valence-electron chi connectivity index (χ1n) is 13.9. The molecule has 3 atom stereocenters. The molecule has 230 valence electrons. The van der Waals surface area contributed by atoms with E-state index in [9.17, 15) is 36.3 Å². The predicted octanol–water partition coefficient (Wildman–Crippen LogP) is 4.46. The number of nitrogens with one attached hydrogen (secondary N) is 2. The predicted molar refractivity (Wildman–Crippen MR) is 157 cm³/mol. The Morgan fingerprint density at radius 1 is 0.977 bits per heavy atom. The number of halogens is 3. The second kappa shape index (κ2) is 13.2. The molecule has 0 aromatic heterocycles. The molecule has 3 aromatic carbocycles. The molecule has 3 N–H and O–H groups in total. The molecule has 1 fully saturated rings. The maximum atomic E-state index is 13.0. The second-order valence-corrected chi connectivity index (χ2v) is 12.7. The van der Waals surface area contributed by atoms with Crippen molar-refractivity contribution in [2.24, 2.45) is 0 Å². The monoisotopic (exact) mass is 617 g/mol. The SMILES string of the molecule is CCS(=O)(=O)c1ccc([C@H](CO)NC(=O)c2ccc(N3C[C@H](c4ccc(C(F)(F)F)cc4)CC[C@H]3C(=O)NC)cc2)cc1. The molecule has 12 heteroatoms. The summed E-state index contributed by atoms with van der Waals surface area (Å²) in [6.07, 6.45) is -3.31. The van der Waals surface area contributed by atoms with Crippen molar-refractivity contribution in [3.8, 4) is 0 Å². The minimum Gasteiger partial charge on any atom is -0.394 e. The van der Waals surface area contributed by atoms with Crippen LogP contribution in [-0.4, -0.2) is 57.3 Å². The summed E-state index contributed by atoms with van der Waals surface area (Å²) in [5.41, 5.74) is 1.55. The van der Waals surface area contributed by atoms with Gasteiger partial charge in [0, 0.05) is 30.8 Å². The number of piperidine rings is 1. The molecular weight excluding hydrogens is 583 g/mol. The number of sulfone groups is 1. The highest BCUT2D eigenvalue weighted by Gasteiger charge is 2.35. The molecule has 3 aromatic rings. The highest BCUT2D eigenvalue weighted by Crippen LogP contribution is 2.36. The van der Waals surface area contributed by atoms with E-state index in [0.29, 0.717) is 36.2 Å². The number of alkyl halides is 3. The Morgan fingerprint density at radius 2 is 1.60 bits per heavy atom. The van der Waals surface area contributed by atoms with Crippen LogP contribution in [0.2, 0.25) is 0 Å². The summed E-state index contributed by atoms with van der Waals surface area (Å²) in [5.74, 6) is -0.786. The molecule has 0 aliphatic carbocycles. The average molecular weight is 618 g/mol. The van der Waals surface area contributed by atoms with Crippen LogP contribution in [0.3, 0.4) is 0 Å². The number of amides is 2. The Kier molecular flexibility index (Phi) is 9.81. The van der Waals surface area contributed by atoms with Crippen molar-refractivity contribution in [2.75, 3.05) is 30.9 Å². The summed E-state index contributed by atoms with van der Waals surface area (Å²) in [6.45, 7) is 1.54. The zero-order valence-electron chi connectivity index (χ0n) is 23.8. The summed E-state index contributed by atoms with van der Waals surface area (Å²) >= 11 is 0. The molecule has 8 nitrogen and oxygen atoms in total. The molecule has 1 aliphatic heterocycles. The van der Waals surface area contributed by atoms with Crippen molar-refractivity contribution in [1.82, 2.24) is 10.6 Å². The number of aliphatic hydroxyl groups is 1. The largest absolute Gasteiger partial charge is 0.416 e. The van der Waals surface area contributed by atoms with Crippen molar-refractivity contribution in [2.45, 2.75) is 48.8 Å². The average Bonchev–Trinajstić information content (AvgIpc) is 3.02. The van der Waals surface area contributed by atoms with Crippen molar-refractivity contribution in [3.05, 3.63) is 95.1 Å². The summed E-state index contributed by atoms with van der Waals surface area (Å²) in [4.78, 5) is 27.8. The van der Waals surface area contributed by atoms with Gasteiger partial charge in [-0.05, 0) is 72.5 Å². The quantitative estimate of drug-likeness (QED) is 0.327. The number of hydrogen-bond donors (Lipinski definition) is 3. The lowest BCUT2D eigenvalue weighted by Crippen LogP contribution is -2.50. The minimum atomic E-state index is -4.42. The highest BCUT2D eigenvalue weighted by atomic mass is 32.2. The van der Waals surface area contributed by atoms with Crippen LogP contribution < -0.4 is 15.5 Å². The number of likely N-dealkylation sites (N-methyl/N-ethyl adjacent to an activating group) is 1. The normalized spacial score (nSPS) is 18.1. The lowest BCUT2D eigenvalue weighted by atomic mass is 9.86. The molecule has 1 aliphatic rings. The van der Waals surface area contributed by atoms with Gasteiger partial charge in [0.25, 0.3) is 5.91 Å². The van der Waals surface area contributed by atoms with Gasteiger partial charge in [-0.1, -0.05) is 31.2 Å². The fourth-order valence-corrected chi connectivity index (χ4v) is 6.15. The summed E-state index contributed by atoms with van der Waals surface area (Å²) < 4.78 is 63.3. The molecule has 4 rings (SSSR count). The van der Waals surface area contributed by atoms with Crippen LogP contribution in [0.5, 0.6) is 0 Å². The lowest BCUT2D eigenvalue weighted by molar-refractivity contribution is -0.137. The Labute approximate surface area is 248 Å². The lowest BCUT2D eigenvalue weighted by Gasteiger charge is -2.40. The van der Waals surface area contributed by atoms with Gasteiger partial charge in [-0.25, -0.2) is 8.42 Å². The van der Waals surface area contributed by atoms with E-state index < -0.39 is 46.2 Å². The van der Waals surface area contributed by atoms with Crippen LogP contribution in [0.25, 0.3) is 0 Å². The first kappa shape index (κ1) is 32.0. The van der Waals surface area contributed by atoms with Gasteiger partial charge in [0.05, 0.1) is 28.9 Å². The molecule has 1 saturated heterocycles. The van der Waals surface area contributed by atoms with Crippen LogP contribution >= 0.6 is 0 Å². The number of aliphatic hydroxyl groups excluding tert-OH is 1. The Hall–Kier alpha value is -3.90. The number of carbonyl (C=O) groups is 2. The maximum absolute atomic E-state index is 13.0. The number of rotatable bonds is 9. The fourth-order valence-electron chi connectivity index (χ4n) is 5.27. The van der Waals surface area contributed by atoms with E-state index in [0.717, 1.165) is 17.7 Å². The van der Waals surface area contributed by atoms with Crippen LogP contribution in [-0.2, 0) is 20.8 Å². The molecule has 0 unspecified atom stereocenters. The minimum absolute atomic E-state index is 0.0422. The third-order valence-corrected chi connectivity index (χ3v) is 9.56. The molecule has 1 heterocycles. The van der Waals surface area contributed by atoms with Gasteiger partial charge in [0.2, 0.25) is 5.91 Å². The molecular formula is C31H34F3N3O5S. The molecule has 2 amide bonds. The van der Waals surface area contributed by atoms with E-state index in [2.05, 4.69) is 10.6 Å². The third-order valence-electron chi connectivity index (χ3n) is 7.81. The Balaban J connectivity index is 1.50. The molecule has 0 spiro atoms. The van der Waals surface area contributed by atoms with E-state index >= 15 is 0 Å².